The van der Waals surface area contributed by atoms with Crippen LogP contribution >= 0.6 is 0 Å². The highest BCUT2D eigenvalue weighted by molar-refractivity contribution is 5.59. The fourth-order valence-electron chi connectivity index (χ4n) is 1.99. The molecular formula is C15H18N4O3. The summed E-state index contributed by atoms with van der Waals surface area (Å²) in [4.78, 5) is 19.0. The molecule has 0 aliphatic heterocycles. The Morgan fingerprint density at radius 1 is 1.32 bits per heavy atom. The summed E-state index contributed by atoms with van der Waals surface area (Å²) >= 11 is 0. The van der Waals surface area contributed by atoms with E-state index >= 15 is 0 Å². The average molecular weight is 302 g/mol. The molecule has 1 atom stereocenters. The highest BCUT2D eigenvalue weighted by atomic mass is 16.6. The highest BCUT2D eigenvalue weighted by Crippen LogP contribution is 2.21. The molecule has 2 aromatic rings. The van der Waals surface area contributed by atoms with Gasteiger partial charge in [-0.05, 0) is 25.5 Å². The predicted molar refractivity (Wildman–Crippen MR) is 83.6 cm³/mol. The molecule has 0 aliphatic rings. The van der Waals surface area contributed by atoms with Crippen molar-refractivity contribution in [3.05, 3.63) is 46.1 Å². The fraction of sp³-hybridized carbons (Fsp3) is 0.333. The van der Waals surface area contributed by atoms with Crippen LogP contribution in [0.15, 0.2) is 30.3 Å². The van der Waals surface area contributed by atoms with Gasteiger partial charge in [0.2, 0.25) is 0 Å². The molecule has 1 aromatic carbocycles. The highest BCUT2D eigenvalue weighted by Gasteiger charge is 2.10. The third-order valence-corrected chi connectivity index (χ3v) is 3.26. The number of aryl methyl sites for hydroxylation is 1. The molecule has 0 aliphatic carbocycles. The summed E-state index contributed by atoms with van der Waals surface area (Å²) in [5.41, 5.74) is 1.51. The number of nitrogens with one attached hydrogen (secondary N) is 1. The first kappa shape index (κ1) is 15.8. The molecule has 116 valence electrons. The number of nitrogens with zero attached hydrogens (tertiary/aromatic N) is 3. The Bertz CT molecular complexity index is 654. The minimum Gasteiger partial charge on any atom is -0.394 e. The average Bonchev–Trinajstić information content (AvgIpc) is 2.52. The second kappa shape index (κ2) is 6.95. The number of aliphatic hydroxyl groups excluding tert-OH is 1. The van der Waals surface area contributed by atoms with Crippen LogP contribution in [-0.2, 0) is 0 Å². The quantitative estimate of drug-likeness (QED) is 0.628. The second-order valence-electron chi connectivity index (χ2n) is 4.95. The Labute approximate surface area is 128 Å². The number of non-ortho nitro benzene ring substituents is 1. The van der Waals surface area contributed by atoms with Crippen molar-refractivity contribution in [1.82, 2.24) is 9.97 Å². The van der Waals surface area contributed by atoms with Crippen LogP contribution in [0.3, 0.4) is 0 Å². The van der Waals surface area contributed by atoms with Gasteiger partial charge in [0.1, 0.15) is 5.82 Å². The van der Waals surface area contributed by atoms with Crippen LogP contribution in [0, 0.1) is 17.0 Å². The number of hydrogen-bond acceptors (Lipinski definition) is 6. The summed E-state index contributed by atoms with van der Waals surface area (Å²) in [6.45, 7) is 3.84. The minimum atomic E-state index is -0.443. The lowest BCUT2D eigenvalue weighted by molar-refractivity contribution is -0.384. The summed E-state index contributed by atoms with van der Waals surface area (Å²) in [6.07, 6.45) is 0.770. The molecule has 7 nitrogen and oxygen atoms in total. The monoisotopic (exact) mass is 302 g/mol. The molecule has 0 amide bonds. The molecule has 0 spiro atoms. The number of aromatic nitrogens is 2. The van der Waals surface area contributed by atoms with E-state index < -0.39 is 4.92 Å². The Balaban J connectivity index is 2.31. The normalized spacial score (nSPS) is 12.0. The molecule has 2 rings (SSSR count). The predicted octanol–water partition coefficient (Wildman–Crippen LogP) is 2.54. The van der Waals surface area contributed by atoms with E-state index in [1.54, 1.807) is 18.2 Å². The third-order valence-electron chi connectivity index (χ3n) is 3.26. The maximum atomic E-state index is 10.7. The van der Waals surface area contributed by atoms with Crippen LogP contribution in [0.4, 0.5) is 11.5 Å². The first-order valence-corrected chi connectivity index (χ1v) is 7.01. The lowest BCUT2D eigenvalue weighted by atomic mass is 10.2. The van der Waals surface area contributed by atoms with Gasteiger partial charge < -0.3 is 10.4 Å². The van der Waals surface area contributed by atoms with Crippen LogP contribution in [0.2, 0.25) is 0 Å². The lowest BCUT2D eigenvalue weighted by Gasteiger charge is -2.15. The number of nitro benzene ring substituents is 1. The van der Waals surface area contributed by atoms with Gasteiger partial charge in [0.05, 0.1) is 17.6 Å². The molecule has 0 radical (unpaired) electrons. The van der Waals surface area contributed by atoms with E-state index in [-0.39, 0.29) is 18.3 Å². The van der Waals surface area contributed by atoms with Crippen molar-refractivity contribution in [1.29, 1.82) is 0 Å². The zero-order valence-corrected chi connectivity index (χ0v) is 12.5. The lowest BCUT2D eigenvalue weighted by Crippen LogP contribution is -2.23. The van der Waals surface area contributed by atoms with E-state index in [9.17, 15) is 15.2 Å². The number of nitro groups is 1. The summed E-state index contributed by atoms with van der Waals surface area (Å²) in [7, 11) is 0. The first-order chi connectivity index (χ1) is 10.5. The molecular weight excluding hydrogens is 284 g/mol. The van der Waals surface area contributed by atoms with Crippen molar-refractivity contribution < 1.29 is 10.0 Å². The zero-order chi connectivity index (χ0) is 16.1. The van der Waals surface area contributed by atoms with Crippen LogP contribution in [0.25, 0.3) is 11.4 Å². The number of rotatable bonds is 6. The van der Waals surface area contributed by atoms with Gasteiger partial charge >= 0.3 is 0 Å². The van der Waals surface area contributed by atoms with Gasteiger partial charge in [0.15, 0.2) is 5.82 Å². The summed E-state index contributed by atoms with van der Waals surface area (Å²) < 4.78 is 0. The number of benzene rings is 1. The molecule has 22 heavy (non-hydrogen) atoms. The van der Waals surface area contributed by atoms with Crippen LogP contribution in [-0.4, -0.2) is 32.6 Å². The van der Waals surface area contributed by atoms with Crippen molar-refractivity contribution in [2.75, 3.05) is 11.9 Å². The fourth-order valence-corrected chi connectivity index (χ4v) is 1.99. The van der Waals surface area contributed by atoms with Crippen molar-refractivity contribution in [2.45, 2.75) is 26.3 Å². The SMILES string of the molecule is CC[C@H](CO)Nc1cc(C)nc(-c2ccc([N+](=O)[O-])cc2)n1. The Morgan fingerprint density at radius 3 is 2.55 bits per heavy atom. The van der Waals surface area contributed by atoms with Crippen LogP contribution in [0.1, 0.15) is 19.0 Å². The number of hydrogen-bond donors (Lipinski definition) is 2. The minimum absolute atomic E-state index is 0.0203. The van der Waals surface area contributed by atoms with Crippen LogP contribution in [0.5, 0.6) is 0 Å². The van der Waals surface area contributed by atoms with E-state index in [1.165, 1.54) is 12.1 Å². The smallest absolute Gasteiger partial charge is 0.269 e. The molecule has 0 fully saturated rings. The van der Waals surface area contributed by atoms with Gasteiger partial charge in [-0.2, -0.15) is 0 Å². The third kappa shape index (κ3) is 3.76. The van der Waals surface area contributed by atoms with E-state index in [0.717, 1.165) is 12.1 Å². The molecule has 7 heteroatoms. The first-order valence-electron chi connectivity index (χ1n) is 7.01. The largest absolute Gasteiger partial charge is 0.394 e. The Kier molecular flexibility index (Phi) is 5.00. The van der Waals surface area contributed by atoms with Crippen molar-refractivity contribution >= 4 is 11.5 Å². The number of anilines is 1. The van der Waals surface area contributed by atoms with Crippen molar-refractivity contribution in [3.8, 4) is 11.4 Å². The molecule has 2 N–H and O–H groups in total. The molecule has 0 unspecified atom stereocenters. The van der Waals surface area contributed by atoms with Gasteiger partial charge in [-0.25, -0.2) is 9.97 Å². The topological polar surface area (TPSA) is 101 Å². The standard InChI is InChI=1S/C15H18N4O3/c1-3-12(9-20)17-14-8-10(2)16-15(18-14)11-4-6-13(7-5-11)19(21)22/h4-8,12,20H,3,9H2,1-2H3,(H,16,17,18)/t12-/m1/s1. The molecule has 1 aromatic heterocycles. The van der Waals surface area contributed by atoms with Gasteiger partial charge in [0.25, 0.3) is 5.69 Å². The number of aliphatic hydroxyl groups is 1. The van der Waals surface area contributed by atoms with E-state index in [4.69, 9.17) is 0 Å². The summed E-state index contributed by atoms with van der Waals surface area (Å²) in [6, 6.07) is 7.83. The molecule has 0 saturated carbocycles. The summed E-state index contributed by atoms with van der Waals surface area (Å²) in [5, 5.41) is 23.1. The van der Waals surface area contributed by atoms with Gasteiger partial charge in [-0.1, -0.05) is 6.92 Å². The van der Waals surface area contributed by atoms with E-state index in [1.807, 2.05) is 13.8 Å². The summed E-state index contributed by atoms with van der Waals surface area (Å²) in [5.74, 6) is 1.12. The van der Waals surface area contributed by atoms with Gasteiger partial charge in [0, 0.05) is 29.5 Å². The Hall–Kier alpha value is -2.54. The van der Waals surface area contributed by atoms with Gasteiger partial charge in [-0.15, -0.1) is 0 Å². The van der Waals surface area contributed by atoms with E-state index in [2.05, 4.69) is 15.3 Å². The van der Waals surface area contributed by atoms with E-state index in [0.29, 0.717) is 17.2 Å². The van der Waals surface area contributed by atoms with Gasteiger partial charge in [-0.3, -0.25) is 10.1 Å². The van der Waals surface area contributed by atoms with Crippen molar-refractivity contribution in [3.63, 3.8) is 0 Å². The van der Waals surface area contributed by atoms with Crippen LogP contribution < -0.4 is 5.32 Å². The maximum Gasteiger partial charge on any atom is 0.269 e. The molecule has 0 saturated heterocycles. The maximum absolute atomic E-state index is 10.7. The Morgan fingerprint density at radius 2 is 2.00 bits per heavy atom. The van der Waals surface area contributed by atoms with Crippen molar-refractivity contribution in [2.24, 2.45) is 0 Å². The second-order valence-corrected chi connectivity index (χ2v) is 4.95. The zero-order valence-electron chi connectivity index (χ0n) is 12.5. The molecule has 1 heterocycles. The molecule has 0 bridgehead atoms.